The van der Waals surface area contributed by atoms with Crippen LogP contribution in [0.15, 0.2) is 12.7 Å². The monoisotopic (exact) mass is 248 g/mol. The third kappa shape index (κ3) is 2.85. The van der Waals surface area contributed by atoms with E-state index in [1.807, 2.05) is 0 Å². The molecule has 0 spiro atoms. The van der Waals surface area contributed by atoms with Crippen molar-refractivity contribution in [2.45, 2.75) is 31.6 Å². The van der Waals surface area contributed by atoms with Crippen LogP contribution in [0.1, 0.15) is 13.3 Å². The zero-order valence-corrected chi connectivity index (χ0v) is 9.43. The van der Waals surface area contributed by atoms with Crippen molar-refractivity contribution in [2.24, 2.45) is 0 Å². The van der Waals surface area contributed by atoms with Crippen molar-refractivity contribution in [1.82, 2.24) is 10.2 Å². The Bertz CT molecular complexity index is 337. The van der Waals surface area contributed by atoms with Crippen LogP contribution in [-0.2, 0) is 0 Å². The van der Waals surface area contributed by atoms with Crippen LogP contribution in [0.3, 0.4) is 0 Å². The maximum absolute atomic E-state index is 12.5. The normalized spacial score (nSPS) is 25.9. The Kier molecular flexibility index (Phi) is 3.92. The van der Waals surface area contributed by atoms with E-state index < -0.39 is 24.1 Å². The van der Waals surface area contributed by atoms with Crippen molar-refractivity contribution in [3.63, 3.8) is 0 Å². The summed E-state index contributed by atoms with van der Waals surface area (Å²) in [7, 11) is 0. The number of hydrogen-bond acceptors (Lipinski definition) is 3. The lowest BCUT2D eigenvalue weighted by molar-refractivity contribution is -0.0686. The third-order valence-electron chi connectivity index (χ3n) is 2.60. The summed E-state index contributed by atoms with van der Waals surface area (Å²) in [5.74, 6) is -1.71. The van der Waals surface area contributed by atoms with Gasteiger partial charge in [-0.3, -0.25) is 10.8 Å². The van der Waals surface area contributed by atoms with E-state index in [0.717, 1.165) is 4.90 Å². The van der Waals surface area contributed by atoms with Gasteiger partial charge in [-0.2, -0.15) is 13.2 Å². The predicted molar refractivity (Wildman–Crippen MR) is 59.4 cm³/mol. The second-order valence-corrected chi connectivity index (χ2v) is 3.94. The van der Waals surface area contributed by atoms with Gasteiger partial charge < -0.3 is 10.2 Å². The standard InChI is InChI=1S/C10H15F3N4/c1-3-4-7-8(14)17(6(2)5-16-7)9(15)10(11,12)13/h3,6-7,14-16H,1,4-5H2,2H3. The first-order valence-electron chi connectivity index (χ1n) is 5.16. The number of hydrogen-bond donors (Lipinski definition) is 3. The average molecular weight is 248 g/mol. The zero-order chi connectivity index (χ0) is 13.2. The van der Waals surface area contributed by atoms with Gasteiger partial charge in [0.1, 0.15) is 5.84 Å². The van der Waals surface area contributed by atoms with Crippen LogP contribution in [0.4, 0.5) is 13.2 Å². The Hall–Kier alpha value is -1.37. The van der Waals surface area contributed by atoms with E-state index in [2.05, 4.69) is 11.9 Å². The van der Waals surface area contributed by atoms with Gasteiger partial charge in [0, 0.05) is 12.6 Å². The highest BCUT2D eigenvalue weighted by Crippen LogP contribution is 2.23. The van der Waals surface area contributed by atoms with Crippen LogP contribution in [0, 0.1) is 10.8 Å². The highest BCUT2D eigenvalue weighted by atomic mass is 19.4. The molecule has 1 fully saturated rings. The predicted octanol–water partition coefficient (Wildman–Crippen LogP) is 1.74. The first-order valence-corrected chi connectivity index (χ1v) is 5.16. The molecule has 4 nitrogen and oxygen atoms in total. The van der Waals surface area contributed by atoms with E-state index >= 15 is 0 Å². The molecule has 17 heavy (non-hydrogen) atoms. The highest BCUT2D eigenvalue weighted by Gasteiger charge is 2.44. The molecule has 96 valence electrons. The SMILES string of the molecule is C=CCC1NCC(C)N(C(=N)C(F)(F)F)C1=N. The molecule has 0 aromatic rings. The fourth-order valence-corrected chi connectivity index (χ4v) is 1.75. The zero-order valence-electron chi connectivity index (χ0n) is 9.43. The minimum absolute atomic E-state index is 0.231. The van der Waals surface area contributed by atoms with Crippen LogP contribution in [-0.4, -0.2) is 41.4 Å². The van der Waals surface area contributed by atoms with Crippen molar-refractivity contribution in [3.05, 3.63) is 12.7 Å². The molecular weight excluding hydrogens is 233 g/mol. The molecule has 1 heterocycles. The maximum Gasteiger partial charge on any atom is 0.449 e. The number of amidine groups is 2. The molecule has 3 N–H and O–H groups in total. The Labute approximate surface area is 97.5 Å². The number of piperazine rings is 1. The van der Waals surface area contributed by atoms with Crippen LogP contribution >= 0.6 is 0 Å². The van der Waals surface area contributed by atoms with E-state index in [1.54, 1.807) is 6.92 Å². The van der Waals surface area contributed by atoms with Gasteiger partial charge in [-0.05, 0) is 13.3 Å². The molecule has 0 saturated carbocycles. The van der Waals surface area contributed by atoms with Gasteiger partial charge in [-0.15, -0.1) is 6.58 Å². The summed E-state index contributed by atoms with van der Waals surface area (Å²) < 4.78 is 37.5. The fraction of sp³-hybridized carbons (Fsp3) is 0.600. The molecule has 1 aliphatic heterocycles. The summed E-state index contributed by atoms with van der Waals surface area (Å²) in [6.07, 6.45) is -2.82. The Morgan fingerprint density at radius 1 is 1.65 bits per heavy atom. The quantitative estimate of drug-likeness (QED) is 0.396. The van der Waals surface area contributed by atoms with Crippen LogP contribution in [0.25, 0.3) is 0 Å². The minimum atomic E-state index is -4.73. The Morgan fingerprint density at radius 2 is 2.24 bits per heavy atom. The lowest BCUT2D eigenvalue weighted by Gasteiger charge is -2.40. The highest BCUT2D eigenvalue weighted by molar-refractivity contribution is 6.03. The second kappa shape index (κ2) is 4.87. The summed E-state index contributed by atoms with van der Waals surface area (Å²) in [6, 6.07) is -1.07. The maximum atomic E-state index is 12.5. The largest absolute Gasteiger partial charge is 0.449 e. The summed E-state index contributed by atoms with van der Waals surface area (Å²) in [5.41, 5.74) is 0. The molecule has 0 amide bonds. The number of nitrogens with zero attached hydrogens (tertiary/aromatic N) is 1. The summed E-state index contributed by atoms with van der Waals surface area (Å²) in [6.45, 7) is 5.35. The van der Waals surface area contributed by atoms with Gasteiger partial charge in [-0.25, -0.2) is 0 Å². The van der Waals surface area contributed by atoms with Gasteiger partial charge in [0.05, 0.1) is 6.04 Å². The molecule has 1 rings (SSSR count). The number of halogens is 3. The van der Waals surface area contributed by atoms with E-state index in [-0.39, 0.29) is 5.84 Å². The van der Waals surface area contributed by atoms with Gasteiger partial charge in [0.25, 0.3) is 0 Å². The van der Waals surface area contributed by atoms with E-state index in [4.69, 9.17) is 10.8 Å². The molecule has 0 aliphatic carbocycles. The van der Waals surface area contributed by atoms with Gasteiger partial charge >= 0.3 is 6.18 Å². The smallest absolute Gasteiger partial charge is 0.306 e. The molecule has 0 aromatic heterocycles. The fourth-order valence-electron chi connectivity index (χ4n) is 1.75. The first kappa shape index (κ1) is 13.7. The molecule has 2 atom stereocenters. The van der Waals surface area contributed by atoms with Crippen molar-refractivity contribution in [2.75, 3.05) is 6.54 Å². The van der Waals surface area contributed by atoms with Gasteiger partial charge in [0.15, 0.2) is 0 Å². The van der Waals surface area contributed by atoms with Crippen molar-refractivity contribution < 1.29 is 13.2 Å². The van der Waals surface area contributed by atoms with Gasteiger partial charge in [-0.1, -0.05) is 6.08 Å². The molecule has 7 heteroatoms. The first-order chi connectivity index (χ1) is 7.79. The molecule has 0 bridgehead atoms. The summed E-state index contributed by atoms with van der Waals surface area (Å²) >= 11 is 0. The van der Waals surface area contributed by atoms with E-state index in [9.17, 15) is 13.2 Å². The number of alkyl halides is 3. The number of nitrogens with one attached hydrogen (secondary N) is 3. The summed E-state index contributed by atoms with van der Waals surface area (Å²) in [5, 5.41) is 17.8. The van der Waals surface area contributed by atoms with E-state index in [0.29, 0.717) is 13.0 Å². The van der Waals surface area contributed by atoms with Crippen molar-refractivity contribution >= 4 is 11.7 Å². The summed E-state index contributed by atoms with van der Waals surface area (Å²) in [4.78, 5) is 0.727. The van der Waals surface area contributed by atoms with Crippen LogP contribution in [0.2, 0.25) is 0 Å². The second-order valence-electron chi connectivity index (χ2n) is 3.94. The number of rotatable bonds is 2. The van der Waals surface area contributed by atoms with Crippen LogP contribution < -0.4 is 5.32 Å². The Morgan fingerprint density at radius 3 is 2.71 bits per heavy atom. The Balaban J connectivity index is 2.91. The van der Waals surface area contributed by atoms with Crippen LogP contribution in [0.5, 0.6) is 0 Å². The topological polar surface area (TPSA) is 63.0 Å². The average Bonchev–Trinajstić information content (AvgIpc) is 2.21. The molecule has 0 radical (unpaired) electrons. The van der Waals surface area contributed by atoms with Gasteiger partial charge in [0.2, 0.25) is 5.84 Å². The lowest BCUT2D eigenvalue weighted by atomic mass is 10.1. The minimum Gasteiger partial charge on any atom is -0.306 e. The van der Waals surface area contributed by atoms with Crippen molar-refractivity contribution in [3.8, 4) is 0 Å². The molecule has 1 saturated heterocycles. The molecule has 1 aliphatic rings. The molecular formula is C10H15F3N4. The molecule has 2 unspecified atom stereocenters. The molecule has 0 aromatic carbocycles. The van der Waals surface area contributed by atoms with E-state index in [1.165, 1.54) is 6.08 Å². The lowest BCUT2D eigenvalue weighted by Crippen LogP contribution is -2.62. The van der Waals surface area contributed by atoms with Crippen molar-refractivity contribution in [1.29, 1.82) is 10.8 Å². The third-order valence-corrected chi connectivity index (χ3v) is 2.60.